The van der Waals surface area contributed by atoms with Crippen molar-refractivity contribution in [2.75, 3.05) is 5.01 Å². The second-order valence-electron chi connectivity index (χ2n) is 5.67. The number of para-hydroxylation sites is 1. The van der Waals surface area contributed by atoms with Crippen molar-refractivity contribution in [2.24, 2.45) is 5.84 Å². The van der Waals surface area contributed by atoms with Gasteiger partial charge < -0.3 is 0 Å². The molecular formula is C20H16N2O. The minimum atomic E-state index is -0.895. The van der Waals surface area contributed by atoms with E-state index in [2.05, 4.69) is 0 Å². The number of benzene rings is 3. The van der Waals surface area contributed by atoms with Crippen LogP contribution in [0.1, 0.15) is 16.7 Å². The maximum Gasteiger partial charge on any atom is 0.260 e. The Kier molecular flexibility index (Phi) is 3.03. The molecule has 0 fully saturated rings. The maximum absolute atomic E-state index is 13.3. The van der Waals surface area contributed by atoms with E-state index in [-0.39, 0.29) is 5.91 Å². The molecule has 0 saturated heterocycles. The molecule has 3 aromatic rings. The Morgan fingerprint density at radius 3 is 1.74 bits per heavy atom. The van der Waals surface area contributed by atoms with E-state index >= 15 is 0 Å². The van der Waals surface area contributed by atoms with Crippen LogP contribution in [0.25, 0.3) is 0 Å². The van der Waals surface area contributed by atoms with E-state index in [4.69, 9.17) is 5.84 Å². The molecule has 0 aromatic heterocycles. The van der Waals surface area contributed by atoms with Gasteiger partial charge in [-0.15, -0.1) is 0 Å². The standard InChI is InChI=1S/C20H16N2O/c21-22-18-14-8-7-13-17(18)20(19(22)23,15-9-3-1-4-10-15)16-11-5-2-6-12-16/h1-14H,21H2. The van der Waals surface area contributed by atoms with Crippen molar-refractivity contribution >= 4 is 11.6 Å². The highest BCUT2D eigenvalue weighted by Crippen LogP contribution is 2.48. The van der Waals surface area contributed by atoms with Gasteiger partial charge in [0.1, 0.15) is 5.41 Å². The summed E-state index contributed by atoms with van der Waals surface area (Å²) in [6.07, 6.45) is 0. The fraction of sp³-hybridized carbons (Fsp3) is 0.0500. The second kappa shape index (κ2) is 5.07. The quantitative estimate of drug-likeness (QED) is 0.583. The molecular weight excluding hydrogens is 284 g/mol. The largest absolute Gasteiger partial charge is 0.271 e. The van der Waals surface area contributed by atoms with E-state index in [0.717, 1.165) is 22.4 Å². The third kappa shape index (κ3) is 1.77. The predicted octanol–water partition coefficient (Wildman–Crippen LogP) is 3.24. The van der Waals surface area contributed by atoms with Gasteiger partial charge in [0.15, 0.2) is 0 Å². The Bertz CT molecular complexity index is 820. The molecule has 3 nitrogen and oxygen atoms in total. The van der Waals surface area contributed by atoms with Crippen LogP contribution in [-0.4, -0.2) is 5.91 Å². The molecule has 0 aliphatic carbocycles. The van der Waals surface area contributed by atoms with Crippen LogP contribution < -0.4 is 10.9 Å². The van der Waals surface area contributed by atoms with Crippen molar-refractivity contribution in [3.05, 3.63) is 102 Å². The van der Waals surface area contributed by atoms with Crippen LogP contribution in [0.4, 0.5) is 5.69 Å². The number of carbonyl (C=O) groups excluding carboxylic acids is 1. The van der Waals surface area contributed by atoms with Crippen molar-refractivity contribution in [1.82, 2.24) is 0 Å². The lowest BCUT2D eigenvalue weighted by Crippen LogP contribution is -2.45. The van der Waals surface area contributed by atoms with Crippen molar-refractivity contribution in [2.45, 2.75) is 5.41 Å². The molecule has 3 aromatic carbocycles. The van der Waals surface area contributed by atoms with Gasteiger partial charge in [-0.1, -0.05) is 78.9 Å². The third-order valence-corrected chi connectivity index (χ3v) is 4.52. The van der Waals surface area contributed by atoms with E-state index in [9.17, 15) is 4.79 Å². The Labute approximate surface area is 135 Å². The summed E-state index contributed by atoms with van der Waals surface area (Å²) in [4.78, 5) is 13.3. The number of amides is 1. The van der Waals surface area contributed by atoms with Crippen LogP contribution in [-0.2, 0) is 10.2 Å². The van der Waals surface area contributed by atoms with Crippen molar-refractivity contribution in [3.63, 3.8) is 0 Å². The molecule has 1 heterocycles. The Morgan fingerprint density at radius 1 is 0.696 bits per heavy atom. The summed E-state index contributed by atoms with van der Waals surface area (Å²) in [6.45, 7) is 0. The first-order valence-corrected chi connectivity index (χ1v) is 7.56. The number of nitrogens with zero attached hydrogens (tertiary/aromatic N) is 1. The van der Waals surface area contributed by atoms with Crippen molar-refractivity contribution < 1.29 is 4.79 Å². The highest BCUT2D eigenvalue weighted by atomic mass is 16.2. The first kappa shape index (κ1) is 13.7. The number of anilines is 1. The minimum Gasteiger partial charge on any atom is -0.271 e. The fourth-order valence-electron chi connectivity index (χ4n) is 3.51. The van der Waals surface area contributed by atoms with Crippen LogP contribution >= 0.6 is 0 Å². The van der Waals surface area contributed by atoms with Gasteiger partial charge in [-0.2, -0.15) is 0 Å². The first-order chi connectivity index (χ1) is 11.3. The lowest BCUT2D eigenvalue weighted by Gasteiger charge is -2.29. The summed E-state index contributed by atoms with van der Waals surface area (Å²) < 4.78 is 0. The second-order valence-corrected chi connectivity index (χ2v) is 5.67. The molecule has 2 N–H and O–H groups in total. The molecule has 4 rings (SSSR count). The number of rotatable bonds is 2. The molecule has 0 atom stereocenters. The molecule has 0 unspecified atom stereocenters. The zero-order valence-electron chi connectivity index (χ0n) is 12.5. The van der Waals surface area contributed by atoms with Gasteiger partial charge in [0, 0.05) is 5.56 Å². The topological polar surface area (TPSA) is 46.3 Å². The third-order valence-electron chi connectivity index (χ3n) is 4.52. The van der Waals surface area contributed by atoms with Crippen molar-refractivity contribution in [1.29, 1.82) is 0 Å². The number of hydrazine groups is 1. The molecule has 1 amide bonds. The molecule has 23 heavy (non-hydrogen) atoms. The lowest BCUT2D eigenvalue weighted by atomic mass is 9.70. The van der Waals surface area contributed by atoms with E-state index in [1.807, 2.05) is 84.9 Å². The maximum atomic E-state index is 13.3. The van der Waals surface area contributed by atoms with Crippen LogP contribution in [0.2, 0.25) is 0 Å². The zero-order valence-corrected chi connectivity index (χ0v) is 12.5. The van der Waals surface area contributed by atoms with Crippen LogP contribution in [0.5, 0.6) is 0 Å². The summed E-state index contributed by atoms with van der Waals surface area (Å²) in [7, 11) is 0. The van der Waals surface area contributed by atoms with Crippen LogP contribution in [0.3, 0.4) is 0 Å². The van der Waals surface area contributed by atoms with Crippen LogP contribution in [0.15, 0.2) is 84.9 Å². The normalized spacial score (nSPS) is 15.5. The summed E-state index contributed by atoms with van der Waals surface area (Å²) in [5.41, 5.74) is 2.64. The summed E-state index contributed by atoms with van der Waals surface area (Å²) >= 11 is 0. The highest BCUT2D eigenvalue weighted by Gasteiger charge is 2.52. The van der Waals surface area contributed by atoms with Gasteiger partial charge in [-0.3, -0.25) is 4.79 Å². The van der Waals surface area contributed by atoms with E-state index in [1.165, 1.54) is 5.01 Å². The Balaban J connectivity index is 2.12. The highest BCUT2D eigenvalue weighted by molar-refractivity contribution is 6.12. The van der Waals surface area contributed by atoms with Gasteiger partial charge in [0.2, 0.25) is 0 Å². The molecule has 0 radical (unpaired) electrons. The molecule has 1 aliphatic rings. The van der Waals surface area contributed by atoms with E-state index in [0.29, 0.717) is 0 Å². The van der Waals surface area contributed by atoms with Gasteiger partial charge in [-0.25, -0.2) is 10.9 Å². The number of hydrogen-bond acceptors (Lipinski definition) is 2. The number of nitrogens with two attached hydrogens (primary N) is 1. The first-order valence-electron chi connectivity index (χ1n) is 7.56. The lowest BCUT2D eigenvalue weighted by molar-refractivity contribution is -0.120. The smallest absolute Gasteiger partial charge is 0.260 e. The minimum absolute atomic E-state index is 0.129. The molecule has 112 valence electrons. The number of carbonyl (C=O) groups is 1. The average Bonchev–Trinajstić information content (AvgIpc) is 2.86. The fourth-order valence-corrected chi connectivity index (χ4v) is 3.51. The monoisotopic (exact) mass is 300 g/mol. The molecule has 1 aliphatic heterocycles. The van der Waals surface area contributed by atoms with E-state index < -0.39 is 5.41 Å². The van der Waals surface area contributed by atoms with E-state index in [1.54, 1.807) is 0 Å². The summed E-state index contributed by atoms with van der Waals surface area (Å²) in [5, 5.41) is 1.27. The SMILES string of the molecule is NN1C(=O)C(c2ccccc2)(c2ccccc2)c2ccccc21. The zero-order chi connectivity index (χ0) is 15.9. The number of fused-ring (bicyclic) bond motifs is 1. The molecule has 0 bridgehead atoms. The predicted molar refractivity (Wildman–Crippen MR) is 90.9 cm³/mol. The summed E-state index contributed by atoms with van der Waals surface area (Å²) in [5.74, 6) is 6.00. The van der Waals surface area contributed by atoms with Crippen LogP contribution in [0, 0.1) is 0 Å². The Hall–Kier alpha value is -2.91. The Morgan fingerprint density at radius 2 is 1.17 bits per heavy atom. The van der Waals surface area contributed by atoms with Gasteiger partial charge in [0.05, 0.1) is 5.69 Å². The van der Waals surface area contributed by atoms with Crippen molar-refractivity contribution in [3.8, 4) is 0 Å². The average molecular weight is 300 g/mol. The summed E-state index contributed by atoms with van der Waals surface area (Å²) in [6, 6.07) is 27.4. The van der Waals surface area contributed by atoms with Gasteiger partial charge in [-0.05, 0) is 17.2 Å². The van der Waals surface area contributed by atoms with Gasteiger partial charge in [0.25, 0.3) is 5.91 Å². The molecule has 0 spiro atoms. The van der Waals surface area contributed by atoms with Gasteiger partial charge >= 0.3 is 0 Å². The molecule has 0 saturated carbocycles. The molecule has 3 heteroatoms. The number of hydrogen-bond donors (Lipinski definition) is 1.